The van der Waals surface area contributed by atoms with Gasteiger partial charge in [0.2, 0.25) is 0 Å². The van der Waals surface area contributed by atoms with Crippen LogP contribution in [-0.4, -0.2) is 29.9 Å². The molecule has 2 unspecified atom stereocenters. The van der Waals surface area contributed by atoms with E-state index in [1.165, 1.54) is 17.4 Å². The summed E-state index contributed by atoms with van der Waals surface area (Å²) in [6.45, 7) is 5.19. The Morgan fingerprint density at radius 2 is 2.23 bits per heavy atom. The van der Waals surface area contributed by atoms with E-state index in [0.717, 1.165) is 16.7 Å². The number of rotatable bonds is 2. The monoisotopic (exact) mass is 342 g/mol. The fourth-order valence-corrected chi connectivity index (χ4v) is 4.36. The zero-order valence-corrected chi connectivity index (χ0v) is 14.3. The average molecular weight is 343 g/mol. The molecule has 1 fully saturated rings. The number of carbonyl (C=O) groups excluding carboxylic acids is 1. The summed E-state index contributed by atoms with van der Waals surface area (Å²) >= 11 is 1.38. The Kier molecular flexibility index (Phi) is 5.10. The van der Waals surface area contributed by atoms with Gasteiger partial charge < -0.3 is 10.6 Å². The van der Waals surface area contributed by atoms with Crippen LogP contribution < -0.4 is 5.73 Å². The summed E-state index contributed by atoms with van der Waals surface area (Å²) in [5.41, 5.74) is 6.47. The number of hydrogen-bond acceptors (Lipinski definition) is 3. The van der Waals surface area contributed by atoms with E-state index < -0.39 is 0 Å². The lowest BCUT2D eigenvalue weighted by atomic mass is 10.1. The van der Waals surface area contributed by atoms with Gasteiger partial charge in [0.1, 0.15) is 5.82 Å². The van der Waals surface area contributed by atoms with Gasteiger partial charge in [0, 0.05) is 22.7 Å². The second-order valence-corrected chi connectivity index (χ2v) is 6.87. The Hall–Kier alpha value is -1.17. The number of halogens is 2. The lowest BCUT2D eigenvalue weighted by Crippen LogP contribution is -2.34. The molecule has 2 atom stereocenters. The molecule has 1 aromatic carbocycles. The number of carbonyl (C=O) groups is 1. The predicted molar refractivity (Wildman–Crippen MR) is 91.4 cm³/mol. The van der Waals surface area contributed by atoms with Gasteiger partial charge in [-0.25, -0.2) is 4.39 Å². The number of benzene rings is 1. The molecule has 3 nitrogen and oxygen atoms in total. The van der Waals surface area contributed by atoms with Crippen LogP contribution in [0.2, 0.25) is 0 Å². The molecule has 1 amide bonds. The Bertz CT molecular complexity index is 703. The topological polar surface area (TPSA) is 46.3 Å². The molecule has 0 spiro atoms. The first-order valence-corrected chi connectivity index (χ1v) is 8.03. The fraction of sp³-hybridized carbons (Fsp3) is 0.438. The maximum Gasteiger partial charge on any atom is 0.264 e. The van der Waals surface area contributed by atoms with Crippen LogP contribution in [0.3, 0.4) is 0 Å². The summed E-state index contributed by atoms with van der Waals surface area (Å²) in [5.74, 6) is 0.126. The van der Waals surface area contributed by atoms with E-state index in [2.05, 4.69) is 6.92 Å². The smallest absolute Gasteiger partial charge is 0.264 e. The number of nitrogens with zero attached hydrogens (tertiary/aromatic N) is 1. The van der Waals surface area contributed by atoms with Crippen molar-refractivity contribution in [1.29, 1.82) is 0 Å². The Morgan fingerprint density at radius 3 is 2.82 bits per heavy atom. The highest BCUT2D eigenvalue weighted by atomic mass is 35.5. The molecule has 2 heterocycles. The standard InChI is InChI=1S/C16H19FN2OS.ClH/c1-9-6-11(7-18)8-19(9)16(20)15-10(2)14-12(17)4-3-5-13(14)21-15;/h3-5,9,11H,6-8,18H2,1-2H3;1H. The number of fused-ring (bicyclic) bond motifs is 1. The second-order valence-electron chi connectivity index (χ2n) is 5.81. The van der Waals surface area contributed by atoms with Gasteiger partial charge in [-0.05, 0) is 50.4 Å². The lowest BCUT2D eigenvalue weighted by Gasteiger charge is -2.21. The third-order valence-electron chi connectivity index (χ3n) is 4.35. The molecule has 1 aliphatic heterocycles. The van der Waals surface area contributed by atoms with Gasteiger partial charge in [-0.2, -0.15) is 0 Å². The zero-order chi connectivity index (χ0) is 15.1. The number of nitrogens with two attached hydrogens (primary N) is 1. The van der Waals surface area contributed by atoms with Gasteiger partial charge in [-0.15, -0.1) is 23.7 Å². The van der Waals surface area contributed by atoms with Crippen LogP contribution >= 0.6 is 23.7 Å². The van der Waals surface area contributed by atoms with Crippen molar-refractivity contribution in [2.24, 2.45) is 11.7 Å². The van der Waals surface area contributed by atoms with Crippen molar-refractivity contribution in [2.45, 2.75) is 26.3 Å². The van der Waals surface area contributed by atoms with Gasteiger partial charge in [0.25, 0.3) is 5.91 Å². The lowest BCUT2D eigenvalue weighted by molar-refractivity contribution is 0.0748. The maximum absolute atomic E-state index is 14.0. The predicted octanol–water partition coefficient (Wildman–Crippen LogP) is 3.58. The van der Waals surface area contributed by atoms with E-state index in [4.69, 9.17) is 5.73 Å². The third kappa shape index (κ3) is 2.73. The van der Waals surface area contributed by atoms with E-state index in [9.17, 15) is 9.18 Å². The molecule has 3 rings (SSSR count). The van der Waals surface area contributed by atoms with Crippen molar-refractivity contribution in [1.82, 2.24) is 4.90 Å². The van der Waals surface area contributed by atoms with E-state index in [1.54, 1.807) is 6.07 Å². The van der Waals surface area contributed by atoms with Crippen LogP contribution in [0.1, 0.15) is 28.6 Å². The molecule has 2 N–H and O–H groups in total. The van der Waals surface area contributed by atoms with Gasteiger partial charge in [0.15, 0.2) is 0 Å². The molecule has 6 heteroatoms. The van der Waals surface area contributed by atoms with Gasteiger partial charge in [0.05, 0.1) is 4.88 Å². The number of aryl methyl sites for hydroxylation is 1. The number of hydrogen-bond donors (Lipinski definition) is 1. The minimum Gasteiger partial charge on any atom is -0.335 e. The molecule has 0 aliphatic carbocycles. The quantitative estimate of drug-likeness (QED) is 0.906. The van der Waals surface area contributed by atoms with Crippen molar-refractivity contribution < 1.29 is 9.18 Å². The molecular formula is C16H20ClFN2OS. The largest absolute Gasteiger partial charge is 0.335 e. The summed E-state index contributed by atoms with van der Waals surface area (Å²) < 4.78 is 14.8. The molecule has 0 saturated carbocycles. The summed E-state index contributed by atoms with van der Waals surface area (Å²) in [4.78, 5) is 15.3. The summed E-state index contributed by atoms with van der Waals surface area (Å²) in [6.07, 6.45) is 0.945. The summed E-state index contributed by atoms with van der Waals surface area (Å²) in [7, 11) is 0. The highest BCUT2D eigenvalue weighted by Crippen LogP contribution is 2.35. The van der Waals surface area contributed by atoms with Crippen molar-refractivity contribution in [3.05, 3.63) is 34.5 Å². The van der Waals surface area contributed by atoms with Crippen LogP contribution in [0.4, 0.5) is 4.39 Å². The third-order valence-corrected chi connectivity index (χ3v) is 5.60. The van der Waals surface area contributed by atoms with E-state index in [1.807, 2.05) is 17.9 Å². The van der Waals surface area contributed by atoms with Crippen LogP contribution in [0, 0.1) is 18.7 Å². The number of amides is 1. The van der Waals surface area contributed by atoms with Crippen molar-refractivity contribution in [3.8, 4) is 0 Å². The minimum absolute atomic E-state index is 0. The highest BCUT2D eigenvalue weighted by molar-refractivity contribution is 7.21. The van der Waals surface area contributed by atoms with E-state index in [-0.39, 0.29) is 30.2 Å². The highest BCUT2D eigenvalue weighted by Gasteiger charge is 2.33. The van der Waals surface area contributed by atoms with E-state index >= 15 is 0 Å². The maximum atomic E-state index is 14.0. The first-order chi connectivity index (χ1) is 10.0. The van der Waals surface area contributed by atoms with Crippen molar-refractivity contribution in [2.75, 3.05) is 13.1 Å². The number of thiophene rings is 1. The SMILES string of the molecule is Cc1c(C(=O)N2CC(CN)CC2C)sc2cccc(F)c12.Cl. The molecule has 22 heavy (non-hydrogen) atoms. The second kappa shape index (κ2) is 6.52. The molecular weight excluding hydrogens is 323 g/mol. The van der Waals surface area contributed by atoms with Crippen LogP contribution in [0.15, 0.2) is 18.2 Å². The van der Waals surface area contributed by atoms with Gasteiger partial charge in [-0.1, -0.05) is 6.07 Å². The molecule has 2 aromatic rings. The first-order valence-electron chi connectivity index (χ1n) is 7.21. The molecule has 120 valence electrons. The van der Waals surface area contributed by atoms with Crippen LogP contribution in [0.25, 0.3) is 10.1 Å². The summed E-state index contributed by atoms with van der Waals surface area (Å²) in [5, 5.41) is 0.577. The molecule has 0 radical (unpaired) electrons. The Morgan fingerprint density at radius 1 is 1.50 bits per heavy atom. The Balaban J connectivity index is 0.00000176. The van der Waals surface area contributed by atoms with Crippen LogP contribution in [0.5, 0.6) is 0 Å². The molecule has 1 saturated heterocycles. The average Bonchev–Trinajstić information content (AvgIpc) is 3.00. The minimum atomic E-state index is -0.255. The van der Waals surface area contributed by atoms with E-state index in [0.29, 0.717) is 29.3 Å². The number of likely N-dealkylation sites (tertiary alicyclic amines) is 1. The van der Waals surface area contributed by atoms with Crippen molar-refractivity contribution >= 4 is 39.7 Å². The van der Waals surface area contributed by atoms with Gasteiger partial charge >= 0.3 is 0 Å². The summed E-state index contributed by atoms with van der Waals surface area (Å²) in [6, 6.07) is 5.19. The van der Waals surface area contributed by atoms with Crippen molar-refractivity contribution in [3.63, 3.8) is 0 Å². The normalized spacial score (nSPS) is 21.2. The molecule has 1 aromatic heterocycles. The first kappa shape index (κ1) is 17.2. The van der Waals surface area contributed by atoms with Gasteiger partial charge in [-0.3, -0.25) is 4.79 Å². The molecule has 0 bridgehead atoms. The zero-order valence-electron chi connectivity index (χ0n) is 12.6. The van der Waals surface area contributed by atoms with Crippen LogP contribution in [-0.2, 0) is 0 Å². The fourth-order valence-electron chi connectivity index (χ4n) is 3.18. The Labute approximate surface area is 139 Å². The molecule has 1 aliphatic rings.